The van der Waals surface area contributed by atoms with Gasteiger partial charge >= 0.3 is 0 Å². The van der Waals surface area contributed by atoms with Gasteiger partial charge in [-0.15, -0.1) is 0 Å². The molecule has 4 nitrogen and oxygen atoms in total. The Morgan fingerprint density at radius 2 is 1.62 bits per heavy atom. The number of aromatic nitrogens is 1. The van der Waals surface area contributed by atoms with E-state index in [2.05, 4.69) is 31.8 Å². The van der Waals surface area contributed by atoms with Gasteiger partial charge in [0.25, 0.3) is 0 Å². The lowest BCUT2D eigenvalue weighted by Crippen LogP contribution is -2.50. The van der Waals surface area contributed by atoms with Gasteiger partial charge in [0.1, 0.15) is 0 Å². The maximum absolute atomic E-state index is 4.31. The molecule has 24 heavy (non-hydrogen) atoms. The second-order valence-corrected chi connectivity index (χ2v) is 8.13. The quantitative estimate of drug-likeness (QED) is 0.847. The summed E-state index contributed by atoms with van der Waals surface area (Å²) in [6, 6.07) is 4.29. The van der Waals surface area contributed by atoms with Crippen LogP contribution in [-0.2, 0) is 0 Å². The molecule has 1 spiro atoms. The highest BCUT2D eigenvalue weighted by Gasteiger charge is 2.38. The molecule has 1 aromatic rings. The zero-order chi connectivity index (χ0) is 16.2. The number of pyridine rings is 1. The largest absolute Gasteiger partial charge is 0.370 e. The summed E-state index contributed by atoms with van der Waals surface area (Å²) >= 11 is 0. The van der Waals surface area contributed by atoms with Gasteiger partial charge in [-0.1, -0.05) is 0 Å². The molecule has 3 saturated heterocycles. The van der Waals surface area contributed by atoms with Crippen LogP contribution in [0, 0.1) is 5.41 Å². The molecule has 0 saturated carbocycles. The maximum Gasteiger partial charge on any atom is 0.0552 e. The molecule has 0 unspecified atom stereocenters. The van der Waals surface area contributed by atoms with Gasteiger partial charge in [0, 0.05) is 32.4 Å². The SMILES string of the molecule is c1cncc(N2CCCC3(CCN(CCN4CCCC4)CC3)C2)c1. The number of likely N-dealkylation sites (tertiary alicyclic amines) is 2. The Morgan fingerprint density at radius 3 is 2.33 bits per heavy atom. The van der Waals surface area contributed by atoms with Crippen molar-refractivity contribution in [1.82, 2.24) is 14.8 Å². The van der Waals surface area contributed by atoms with Crippen molar-refractivity contribution >= 4 is 5.69 Å². The van der Waals surface area contributed by atoms with Crippen LogP contribution in [0.3, 0.4) is 0 Å². The second kappa shape index (κ2) is 7.40. The number of rotatable bonds is 4. The van der Waals surface area contributed by atoms with E-state index in [4.69, 9.17) is 0 Å². The summed E-state index contributed by atoms with van der Waals surface area (Å²) in [4.78, 5) is 12.3. The average Bonchev–Trinajstić information content (AvgIpc) is 3.16. The zero-order valence-electron chi connectivity index (χ0n) is 15.0. The molecule has 3 fully saturated rings. The molecule has 4 heterocycles. The first-order valence-electron chi connectivity index (χ1n) is 9.93. The Kier molecular flexibility index (Phi) is 5.04. The van der Waals surface area contributed by atoms with Crippen molar-refractivity contribution in [2.24, 2.45) is 5.41 Å². The average molecular weight is 329 g/mol. The van der Waals surface area contributed by atoms with E-state index >= 15 is 0 Å². The van der Waals surface area contributed by atoms with E-state index in [9.17, 15) is 0 Å². The van der Waals surface area contributed by atoms with Gasteiger partial charge in [-0.25, -0.2) is 0 Å². The van der Waals surface area contributed by atoms with E-state index in [1.165, 1.54) is 96.6 Å². The van der Waals surface area contributed by atoms with Crippen LogP contribution < -0.4 is 4.90 Å². The van der Waals surface area contributed by atoms with Gasteiger partial charge in [0.15, 0.2) is 0 Å². The first-order chi connectivity index (χ1) is 11.8. The van der Waals surface area contributed by atoms with Crippen molar-refractivity contribution in [3.63, 3.8) is 0 Å². The summed E-state index contributed by atoms with van der Waals surface area (Å²) < 4.78 is 0. The molecule has 3 aliphatic heterocycles. The van der Waals surface area contributed by atoms with Crippen molar-refractivity contribution < 1.29 is 0 Å². The third-order valence-corrected chi connectivity index (χ3v) is 6.52. The van der Waals surface area contributed by atoms with Gasteiger partial charge in [0.05, 0.1) is 11.9 Å². The summed E-state index contributed by atoms with van der Waals surface area (Å²) in [5.74, 6) is 0. The van der Waals surface area contributed by atoms with Crippen molar-refractivity contribution in [2.75, 3.05) is 57.3 Å². The lowest BCUT2D eigenvalue weighted by atomic mass is 9.72. The minimum absolute atomic E-state index is 0.554. The predicted molar refractivity (Wildman–Crippen MR) is 99.5 cm³/mol. The first kappa shape index (κ1) is 16.3. The lowest BCUT2D eigenvalue weighted by molar-refractivity contribution is 0.0822. The van der Waals surface area contributed by atoms with E-state index in [0.717, 1.165) is 0 Å². The summed E-state index contributed by atoms with van der Waals surface area (Å²) in [7, 11) is 0. The van der Waals surface area contributed by atoms with Crippen LogP contribution in [0.1, 0.15) is 38.5 Å². The number of anilines is 1. The van der Waals surface area contributed by atoms with Crippen molar-refractivity contribution in [1.29, 1.82) is 0 Å². The third kappa shape index (κ3) is 3.75. The minimum atomic E-state index is 0.554. The predicted octanol–water partition coefficient (Wildman–Crippen LogP) is 2.86. The standard InChI is InChI=1S/C20H32N4/c1-2-11-22(10-1)15-16-23-13-7-20(8-14-23)6-4-12-24(18-20)19-5-3-9-21-17-19/h3,5,9,17H,1-2,4,6-8,10-16,18H2. The smallest absolute Gasteiger partial charge is 0.0552 e. The van der Waals surface area contributed by atoms with Crippen LogP contribution in [-0.4, -0.2) is 67.1 Å². The van der Waals surface area contributed by atoms with Crippen LogP contribution in [0.5, 0.6) is 0 Å². The fourth-order valence-electron chi connectivity index (χ4n) is 4.92. The Balaban J connectivity index is 1.29. The molecule has 132 valence electrons. The van der Waals surface area contributed by atoms with Crippen molar-refractivity contribution in [3.05, 3.63) is 24.5 Å². The van der Waals surface area contributed by atoms with Gasteiger partial charge < -0.3 is 14.7 Å². The van der Waals surface area contributed by atoms with E-state index in [1.807, 2.05) is 12.4 Å². The second-order valence-electron chi connectivity index (χ2n) is 8.13. The Hall–Kier alpha value is -1.13. The fraction of sp³-hybridized carbons (Fsp3) is 0.750. The Labute approximate surface area is 146 Å². The Morgan fingerprint density at radius 1 is 0.875 bits per heavy atom. The lowest BCUT2D eigenvalue weighted by Gasteiger charge is -2.48. The molecule has 0 N–H and O–H groups in total. The number of hydrogen-bond donors (Lipinski definition) is 0. The van der Waals surface area contributed by atoms with Gasteiger partial charge in [-0.05, 0) is 82.3 Å². The van der Waals surface area contributed by atoms with E-state index in [1.54, 1.807) is 0 Å². The molecular formula is C20H32N4. The van der Waals surface area contributed by atoms with E-state index in [0.29, 0.717) is 5.41 Å². The summed E-state index contributed by atoms with van der Waals surface area (Å²) in [5.41, 5.74) is 1.87. The van der Waals surface area contributed by atoms with E-state index < -0.39 is 0 Å². The van der Waals surface area contributed by atoms with Gasteiger partial charge in [0.2, 0.25) is 0 Å². The Bertz CT molecular complexity index is 504. The molecule has 0 radical (unpaired) electrons. The molecule has 0 aromatic carbocycles. The molecule has 0 atom stereocenters. The number of nitrogens with zero attached hydrogens (tertiary/aromatic N) is 4. The molecule has 0 amide bonds. The van der Waals surface area contributed by atoms with Crippen molar-refractivity contribution in [3.8, 4) is 0 Å². The van der Waals surface area contributed by atoms with Gasteiger partial charge in [-0.2, -0.15) is 0 Å². The topological polar surface area (TPSA) is 22.6 Å². The van der Waals surface area contributed by atoms with Crippen LogP contribution in [0.4, 0.5) is 5.69 Å². The minimum Gasteiger partial charge on any atom is -0.370 e. The fourth-order valence-corrected chi connectivity index (χ4v) is 4.92. The monoisotopic (exact) mass is 328 g/mol. The highest BCUT2D eigenvalue weighted by Crippen LogP contribution is 2.40. The summed E-state index contributed by atoms with van der Waals surface area (Å²) in [6.45, 7) is 10.3. The number of piperidine rings is 2. The zero-order valence-corrected chi connectivity index (χ0v) is 15.0. The molecular weight excluding hydrogens is 296 g/mol. The van der Waals surface area contributed by atoms with Gasteiger partial charge in [-0.3, -0.25) is 4.98 Å². The van der Waals surface area contributed by atoms with Crippen LogP contribution >= 0.6 is 0 Å². The molecule has 4 heteroatoms. The summed E-state index contributed by atoms with van der Waals surface area (Å²) in [5, 5.41) is 0. The molecule has 3 aliphatic rings. The molecule has 4 rings (SSSR count). The maximum atomic E-state index is 4.31. The molecule has 0 bridgehead atoms. The third-order valence-electron chi connectivity index (χ3n) is 6.52. The van der Waals surface area contributed by atoms with Crippen LogP contribution in [0.2, 0.25) is 0 Å². The van der Waals surface area contributed by atoms with Crippen LogP contribution in [0.25, 0.3) is 0 Å². The van der Waals surface area contributed by atoms with Crippen molar-refractivity contribution in [2.45, 2.75) is 38.5 Å². The molecule has 0 aliphatic carbocycles. The highest BCUT2D eigenvalue weighted by molar-refractivity contribution is 5.44. The molecule has 1 aromatic heterocycles. The first-order valence-corrected chi connectivity index (χ1v) is 9.93. The summed E-state index contributed by atoms with van der Waals surface area (Å²) in [6.07, 6.45) is 12.2. The van der Waals surface area contributed by atoms with E-state index in [-0.39, 0.29) is 0 Å². The van der Waals surface area contributed by atoms with Crippen LogP contribution in [0.15, 0.2) is 24.5 Å². The highest BCUT2D eigenvalue weighted by atomic mass is 15.2. The number of hydrogen-bond acceptors (Lipinski definition) is 4. The normalized spacial score (nSPS) is 25.4.